The van der Waals surface area contributed by atoms with Gasteiger partial charge in [-0.2, -0.15) is 0 Å². The normalized spacial score (nSPS) is 16.2. The molecule has 0 fully saturated rings. The lowest BCUT2D eigenvalue weighted by Crippen LogP contribution is -2.22. The number of carbonyl (C=O) groups excluding carboxylic acids is 1. The number of hydrogen-bond acceptors (Lipinski definition) is 2. The molecule has 4 nitrogen and oxygen atoms in total. The Balaban J connectivity index is 2.06. The largest absolute Gasteiger partial charge is 0.331 e. The molecule has 0 spiro atoms. The molecule has 3 rings (SSSR count). The standard InChI is InChI=1S/C12H9N3O/c16-12-14-11(10-7-4-8-15(10)12)13-9-5-2-1-3-6-9/h1-8H,(H,13,14,16). The van der Waals surface area contributed by atoms with E-state index in [1.807, 2.05) is 42.5 Å². The number of nitrogens with one attached hydrogen (secondary N) is 1. The summed E-state index contributed by atoms with van der Waals surface area (Å²) < 4.78 is 1.54. The first kappa shape index (κ1) is 8.91. The van der Waals surface area contributed by atoms with E-state index < -0.39 is 0 Å². The third-order valence-corrected chi connectivity index (χ3v) is 2.43. The Morgan fingerprint density at radius 1 is 1.06 bits per heavy atom. The van der Waals surface area contributed by atoms with Gasteiger partial charge in [0.15, 0.2) is 5.84 Å². The smallest absolute Gasteiger partial charge is 0.290 e. The summed E-state index contributed by atoms with van der Waals surface area (Å²) in [6.45, 7) is 0. The monoisotopic (exact) mass is 211 g/mol. The first-order valence-corrected chi connectivity index (χ1v) is 4.97. The molecule has 1 aliphatic heterocycles. The fraction of sp³-hybridized carbons (Fsp3) is 0. The van der Waals surface area contributed by atoms with Crippen LogP contribution in [-0.2, 0) is 0 Å². The van der Waals surface area contributed by atoms with Gasteiger partial charge in [0, 0.05) is 6.20 Å². The van der Waals surface area contributed by atoms with Crippen LogP contribution >= 0.6 is 0 Å². The molecule has 4 heteroatoms. The molecule has 0 radical (unpaired) electrons. The Kier molecular flexibility index (Phi) is 1.86. The number of carbonyl (C=O) groups is 1. The van der Waals surface area contributed by atoms with Gasteiger partial charge in [0.05, 0.1) is 11.4 Å². The summed E-state index contributed by atoms with van der Waals surface area (Å²) in [5.41, 5.74) is 1.63. The third kappa shape index (κ3) is 1.32. The van der Waals surface area contributed by atoms with E-state index in [1.165, 1.54) is 0 Å². The van der Waals surface area contributed by atoms with Crippen LogP contribution in [-0.4, -0.2) is 16.4 Å². The molecule has 0 bridgehead atoms. The van der Waals surface area contributed by atoms with Gasteiger partial charge in [0.25, 0.3) is 0 Å². The van der Waals surface area contributed by atoms with Crippen LogP contribution in [0.5, 0.6) is 0 Å². The Hall–Kier alpha value is -2.36. The van der Waals surface area contributed by atoms with E-state index in [4.69, 9.17) is 0 Å². The highest BCUT2D eigenvalue weighted by molar-refractivity contribution is 6.14. The van der Waals surface area contributed by atoms with E-state index in [1.54, 1.807) is 10.8 Å². The van der Waals surface area contributed by atoms with Crippen molar-refractivity contribution in [1.29, 1.82) is 0 Å². The fourth-order valence-electron chi connectivity index (χ4n) is 1.69. The lowest BCUT2D eigenvalue weighted by Gasteiger charge is -1.96. The van der Waals surface area contributed by atoms with Crippen LogP contribution in [0.4, 0.5) is 10.5 Å². The molecule has 1 amide bonds. The van der Waals surface area contributed by atoms with Crippen LogP contribution in [0.25, 0.3) is 0 Å². The van der Waals surface area contributed by atoms with Crippen molar-refractivity contribution in [1.82, 2.24) is 9.88 Å². The minimum Gasteiger partial charge on any atom is -0.290 e. The number of fused-ring (bicyclic) bond motifs is 1. The van der Waals surface area contributed by atoms with E-state index in [0.717, 1.165) is 11.4 Å². The zero-order valence-electron chi connectivity index (χ0n) is 8.42. The molecule has 0 atom stereocenters. The lowest BCUT2D eigenvalue weighted by molar-refractivity contribution is 0.248. The van der Waals surface area contributed by atoms with Crippen molar-refractivity contribution >= 4 is 17.6 Å². The van der Waals surface area contributed by atoms with Crippen molar-refractivity contribution in [3.8, 4) is 0 Å². The van der Waals surface area contributed by atoms with Crippen molar-refractivity contribution in [2.75, 3.05) is 0 Å². The van der Waals surface area contributed by atoms with Gasteiger partial charge in [-0.25, -0.2) is 9.79 Å². The van der Waals surface area contributed by atoms with Gasteiger partial charge >= 0.3 is 6.03 Å². The summed E-state index contributed by atoms with van der Waals surface area (Å²) in [6, 6.07) is 13.1. The zero-order valence-corrected chi connectivity index (χ0v) is 8.42. The number of rotatable bonds is 1. The van der Waals surface area contributed by atoms with Crippen molar-refractivity contribution in [3.05, 3.63) is 54.4 Å². The van der Waals surface area contributed by atoms with E-state index in [-0.39, 0.29) is 6.03 Å². The van der Waals surface area contributed by atoms with Crippen LogP contribution in [0.3, 0.4) is 0 Å². The Morgan fingerprint density at radius 2 is 1.88 bits per heavy atom. The summed E-state index contributed by atoms with van der Waals surface area (Å²) >= 11 is 0. The lowest BCUT2D eigenvalue weighted by atomic mass is 10.3. The molecule has 78 valence electrons. The molecule has 1 aromatic heterocycles. The van der Waals surface area contributed by atoms with Crippen molar-refractivity contribution in [3.63, 3.8) is 0 Å². The number of hydrogen-bond donors (Lipinski definition) is 1. The van der Waals surface area contributed by atoms with Crippen LogP contribution in [0.15, 0.2) is 53.7 Å². The third-order valence-electron chi connectivity index (χ3n) is 2.43. The summed E-state index contributed by atoms with van der Waals surface area (Å²) in [6.07, 6.45) is 1.72. The van der Waals surface area contributed by atoms with Crippen LogP contribution in [0, 0.1) is 0 Å². The number of benzene rings is 1. The first-order valence-electron chi connectivity index (χ1n) is 4.97. The molecule has 1 aromatic carbocycles. The highest BCUT2D eigenvalue weighted by Crippen LogP contribution is 2.15. The molecule has 2 heterocycles. The molecular formula is C12H9N3O. The minimum absolute atomic E-state index is 0.158. The average molecular weight is 211 g/mol. The summed E-state index contributed by atoms with van der Waals surface area (Å²) in [5.74, 6) is 0.598. The van der Waals surface area contributed by atoms with Crippen LogP contribution in [0.1, 0.15) is 5.69 Å². The second kappa shape index (κ2) is 3.34. The maximum Gasteiger partial charge on any atom is 0.331 e. The summed E-state index contributed by atoms with van der Waals surface area (Å²) in [4.78, 5) is 15.9. The second-order valence-electron chi connectivity index (χ2n) is 3.49. The fourth-order valence-corrected chi connectivity index (χ4v) is 1.69. The quantitative estimate of drug-likeness (QED) is 0.771. The number of amidine groups is 1. The van der Waals surface area contributed by atoms with Gasteiger partial charge in [0.2, 0.25) is 0 Å². The summed E-state index contributed by atoms with van der Waals surface area (Å²) in [5, 5.41) is 2.72. The van der Waals surface area contributed by atoms with E-state index in [0.29, 0.717) is 5.84 Å². The maximum absolute atomic E-state index is 11.5. The minimum atomic E-state index is -0.158. The van der Waals surface area contributed by atoms with E-state index >= 15 is 0 Å². The van der Waals surface area contributed by atoms with Crippen LogP contribution < -0.4 is 5.32 Å². The van der Waals surface area contributed by atoms with Gasteiger partial charge in [-0.3, -0.25) is 9.88 Å². The van der Waals surface area contributed by atoms with Crippen LogP contribution in [0.2, 0.25) is 0 Å². The predicted molar refractivity (Wildman–Crippen MR) is 61.0 cm³/mol. The van der Waals surface area contributed by atoms with Crippen molar-refractivity contribution in [2.24, 2.45) is 4.99 Å². The van der Waals surface area contributed by atoms with Gasteiger partial charge in [-0.15, -0.1) is 0 Å². The number of aliphatic imine (C=N–C) groups is 1. The topological polar surface area (TPSA) is 46.4 Å². The molecule has 2 aromatic rings. The molecular weight excluding hydrogens is 202 g/mol. The highest BCUT2D eigenvalue weighted by atomic mass is 16.2. The van der Waals surface area contributed by atoms with Crippen molar-refractivity contribution < 1.29 is 4.79 Å². The molecule has 16 heavy (non-hydrogen) atoms. The number of amides is 1. The predicted octanol–water partition coefficient (Wildman–Crippen LogP) is 2.14. The first-order chi connectivity index (χ1) is 7.84. The number of aromatic nitrogens is 1. The molecule has 0 aliphatic carbocycles. The molecule has 0 saturated heterocycles. The number of para-hydroxylation sites is 1. The van der Waals surface area contributed by atoms with Gasteiger partial charge in [-0.05, 0) is 24.3 Å². The summed E-state index contributed by atoms with van der Waals surface area (Å²) in [7, 11) is 0. The van der Waals surface area contributed by atoms with Crippen molar-refractivity contribution in [2.45, 2.75) is 0 Å². The SMILES string of the molecule is O=C1NC(=Nc2ccccc2)c2cccn21. The van der Waals surface area contributed by atoms with E-state index in [9.17, 15) is 4.79 Å². The number of nitrogens with zero attached hydrogens (tertiary/aromatic N) is 2. The molecule has 0 unspecified atom stereocenters. The van der Waals surface area contributed by atoms with Gasteiger partial charge in [-0.1, -0.05) is 18.2 Å². The Morgan fingerprint density at radius 3 is 2.69 bits per heavy atom. The average Bonchev–Trinajstić information content (AvgIpc) is 2.87. The zero-order chi connectivity index (χ0) is 11.0. The molecule has 0 saturated carbocycles. The second-order valence-corrected chi connectivity index (χ2v) is 3.49. The maximum atomic E-state index is 11.5. The van der Waals surface area contributed by atoms with Gasteiger partial charge < -0.3 is 0 Å². The van der Waals surface area contributed by atoms with Gasteiger partial charge in [0.1, 0.15) is 0 Å². The molecule has 1 aliphatic rings. The Labute approximate surface area is 92.2 Å². The molecule has 1 N–H and O–H groups in total. The van der Waals surface area contributed by atoms with E-state index in [2.05, 4.69) is 10.3 Å². The highest BCUT2D eigenvalue weighted by Gasteiger charge is 2.23. The Bertz CT molecular complexity index is 569.